The van der Waals surface area contributed by atoms with Crippen molar-refractivity contribution < 1.29 is 9.47 Å². The van der Waals surface area contributed by atoms with Gasteiger partial charge in [0.2, 0.25) is 0 Å². The maximum atomic E-state index is 5.86. The standard InChI is InChI=1S/C13H18ClNO2/c1-3-15-11-8-12(13(11)16-2)17-10-6-4-9(14)5-7-10/h4-7,11-13,15H,3,8H2,1-2H3. The summed E-state index contributed by atoms with van der Waals surface area (Å²) in [6.07, 6.45) is 1.24. The van der Waals surface area contributed by atoms with E-state index in [1.165, 1.54) is 0 Å². The van der Waals surface area contributed by atoms with Crippen molar-refractivity contribution >= 4 is 11.6 Å². The van der Waals surface area contributed by atoms with E-state index < -0.39 is 0 Å². The van der Waals surface area contributed by atoms with Gasteiger partial charge in [-0.3, -0.25) is 0 Å². The zero-order valence-electron chi connectivity index (χ0n) is 10.2. The molecule has 1 aromatic carbocycles. The van der Waals surface area contributed by atoms with Crippen LogP contribution in [0.25, 0.3) is 0 Å². The lowest BCUT2D eigenvalue weighted by molar-refractivity contribution is -0.0883. The second-order valence-corrected chi connectivity index (χ2v) is 4.65. The average molecular weight is 256 g/mol. The monoisotopic (exact) mass is 255 g/mol. The molecule has 94 valence electrons. The summed E-state index contributed by atoms with van der Waals surface area (Å²) in [5, 5.41) is 4.10. The first kappa shape index (κ1) is 12.7. The van der Waals surface area contributed by atoms with E-state index in [4.69, 9.17) is 21.1 Å². The van der Waals surface area contributed by atoms with Crippen molar-refractivity contribution in [2.45, 2.75) is 31.6 Å². The van der Waals surface area contributed by atoms with Gasteiger partial charge in [-0.1, -0.05) is 18.5 Å². The Kier molecular flexibility index (Phi) is 4.26. The molecule has 0 bridgehead atoms. The summed E-state index contributed by atoms with van der Waals surface area (Å²) < 4.78 is 11.3. The van der Waals surface area contributed by atoms with Gasteiger partial charge in [0, 0.05) is 24.6 Å². The summed E-state index contributed by atoms with van der Waals surface area (Å²) in [4.78, 5) is 0. The molecular formula is C13H18ClNO2. The van der Waals surface area contributed by atoms with Crippen LogP contribution in [0.3, 0.4) is 0 Å². The van der Waals surface area contributed by atoms with Gasteiger partial charge < -0.3 is 14.8 Å². The van der Waals surface area contributed by atoms with Crippen LogP contribution in [0.2, 0.25) is 5.02 Å². The summed E-state index contributed by atoms with van der Waals surface area (Å²) in [6.45, 7) is 3.05. The van der Waals surface area contributed by atoms with Crippen molar-refractivity contribution in [1.29, 1.82) is 0 Å². The maximum Gasteiger partial charge on any atom is 0.128 e. The highest BCUT2D eigenvalue weighted by atomic mass is 35.5. The Balaban J connectivity index is 1.90. The lowest BCUT2D eigenvalue weighted by Crippen LogP contribution is -2.60. The minimum Gasteiger partial charge on any atom is -0.488 e. The molecule has 0 radical (unpaired) electrons. The third kappa shape index (κ3) is 2.92. The third-order valence-electron chi connectivity index (χ3n) is 3.09. The zero-order chi connectivity index (χ0) is 12.3. The highest BCUT2D eigenvalue weighted by molar-refractivity contribution is 6.30. The number of likely N-dealkylation sites (N-methyl/N-ethyl adjacent to an activating group) is 1. The molecule has 3 unspecified atom stereocenters. The number of nitrogens with one attached hydrogen (secondary N) is 1. The van der Waals surface area contributed by atoms with Crippen molar-refractivity contribution in [1.82, 2.24) is 5.32 Å². The van der Waals surface area contributed by atoms with E-state index in [0.29, 0.717) is 6.04 Å². The predicted octanol–water partition coefficient (Wildman–Crippen LogP) is 2.48. The fourth-order valence-electron chi connectivity index (χ4n) is 2.16. The van der Waals surface area contributed by atoms with Crippen molar-refractivity contribution in [2.75, 3.05) is 13.7 Å². The van der Waals surface area contributed by atoms with Crippen molar-refractivity contribution in [3.8, 4) is 5.75 Å². The van der Waals surface area contributed by atoms with E-state index in [1.807, 2.05) is 24.3 Å². The Morgan fingerprint density at radius 2 is 2.06 bits per heavy atom. The Bertz CT molecular complexity index is 355. The van der Waals surface area contributed by atoms with Gasteiger partial charge in [0.1, 0.15) is 18.0 Å². The van der Waals surface area contributed by atoms with Gasteiger partial charge >= 0.3 is 0 Å². The first-order chi connectivity index (χ1) is 8.24. The Morgan fingerprint density at radius 1 is 1.35 bits per heavy atom. The van der Waals surface area contributed by atoms with Crippen LogP contribution in [0.15, 0.2) is 24.3 Å². The lowest BCUT2D eigenvalue weighted by Gasteiger charge is -2.43. The minimum absolute atomic E-state index is 0.130. The lowest BCUT2D eigenvalue weighted by atomic mass is 9.85. The normalized spacial score (nSPS) is 27.6. The fraction of sp³-hybridized carbons (Fsp3) is 0.538. The Morgan fingerprint density at radius 3 is 2.65 bits per heavy atom. The molecule has 4 heteroatoms. The number of hydrogen-bond donors (Lipinski definition) is 1. The average Bonchev–Trinajstić information content (AvgIpc) is 2.30. The second kappa shape index (κ2) is 5.71. The van der Waals surface area contributed by atoms with Crippen LogP contribution in [0, 0.1) is 0 Å². The van der Waals surface area contributed by atoms with E-state index in [-0.39, 0.29) is 12.2 Å². The summed E-state index contributed by atoms with van der Waals surface area (Å²) in [7, 11) is 1.73. The second-order valence-electron chi connectivity index (χ2n) is 4.21. The van der Waals surface area contributed by atoms with Gasteiger partial charge in [-0.25, -0.2) is 0 Å². The van der Waals surface area contributed by atoms with E-state index in [2.05, 4.69) is 12.2 Å². The third-order valence-corrected chi connectivity index (χ3v) is 3.34. The molecule has 1 fully saturated rings. The zero-order valence-corrected chi connectivity index (χ0v) is 10.9. The van der Waals surface area contributed by atoms with Crippen LogP contribution in [-0.4, -0.2) is 31.9 Å². The molecule has 1 aromatic rings. The van der Waals surface area contributed by atoms with Crippen LogP contribution in [-0.2, 0) is 4.74 Å². The predicted molar refractivity (Wildman–Crippen MR) is 68.7 cm³/mol. The Labute approximate surface area is 107 Å². The molecule has 1 aliphatic rings. The van der Waals surface area contributed by atoms with Crippen LogP contribution >= 0.6 is 11.6 Å². The molecule has 17 heavy (non-hydrogen) atoms. The van der Waals surface area contributed by atoms with E-state index in [1.54, 1.807) is 7.11 Å². The molecule has 0 amide bonds. The van der Waals surface area contributed by atoms with Gasteiger partial charge in [0.25, 0.3) is 0 Å². The number of hydrogen-bond acceptors (Lipinski definition) is 3. The number of rotatable bonds is 5. The van der Waals surface area contributed by atoms with Crippen LogP contribution in [0.4, 0.5) is 0 Å². The molecular weight excluding hydrogens is 238 g/mol. The molecule has 0 aliphatic heterocycles. The van der Waals surface area contributed by atoms with E-state index in [9.17, 15) is 0 Å². The summed E-state index contributed by atoms with van der Waals surface area (Å²) in [5.74, 6) is 0.844. The largest absolute Gasteiger partial charge is 0.488 e. The fourth-order valence-corrected chi connectivity index (χ4v) is 2.29. The van der Waals surface area contributed by atoms with Crippen LogP contribution in [0.1, 0.15) is 13.3 Å². The summed E-state index contributed by atoms with van der Waals surface area (Å²) >= 11 is 5.83. The topological polar surface area (TPSA) is 30.5 Å². The quantitative estimate of drug-likeness (QED) is 0.877. The number of benzene rings is 1. The molecule has 3 nitrogen and oxygen atoms in total. The Hall–Kier alpha value is -0.770. The first-order valence-corrected chi connectivity index (χ1v) is 6.30. The first-order valence-electron chi connectivity index (χ1n) is 5.93. The summed E-state index contributed by atoms with van der Waals surface area (Å²) in [5.41, 5.74) is 0. The number of ether oxygens (including phenoxy) is 2. The smallest absolute Gasteiger partial charge is 0.128 e. The highest BCUT2D eigenvalue weighted by Gasteiger charge is 2.42. The molecule has 0 aromatic heterocycles. The van der Waals surface area contributed by atoms with E-state index >= 15 is 0 Å². The van der Waals surface area contributed by atoms with Gasteiger partial charge in [0.05, 0.1) is 0 Å². The number of halogens is 1. The van der Waals surface area contributed by atoms with Gasteiger partial charge in [-0.2, -0.15) is 0 Å². The molecule has 0 saturated heterocycles. The minimum atomic E-state index is 0.130. The van der Waals surface area contributed by atoms with Gasteiger partial charge in [-0.05, 0) is 30.8 Å². The molecule has 1 aliphatic carbocycles. The van der Waals surface area contributed by atoms with Gasteiger partial charge in [-0.15, -0.1) is 0 Å². The highest BCUT2D eigenvalue weighted by Crippen LogP contribution is 2.29. The van der Waals surface area contributed by atoms with Crippen molar-refractivity contribution in [2.24, 2.45) is 0 Å². The summed E-state index contributed by atoms with van der Waals surface area (Å²) in [6, 6.07) is 7.84. The van der Waals surface area contributed by atoms with Crippen LogP contribution in [0.5, 0.6) is 5.75 Å². The maximum absolute atomic E-state index is 5.86. The van der Waals surface area contributed by atoms with Crippen LogP contribution < -0.4 is 10.1 Å². The molecule has 0 spiro atoms. The molecule has 1 N–H and O–H groups in total. The van der Waals surface area contributed by atoms with Gasteiger partial charge in [0.15, 0.2) is 0 Å². The van der Waals surface area contributed by atoms with E-state index in [0.717, 1.165) is 23.7 Å². The SMILES string of the molecule is CCNC1CC(Oc2ccc(Cl)cc2)C1OC. The molecule has 0 heterocycles. The molecule has 2 rings (SSSR count). The number of methoxy groups -OCH3 is 1. The van der Waals surface area contributed by atoms with Crippen molar-refractivity contribution in [3.05, 3.63) is 29.3 Å². The molecule has 3 atom stereocenters. The van der Waals surface area contributed by atoms with Crippen molar-refractivity contribution in [3.63, 3.8) is 0 Å². The molecule has 1 saturated carbocycles.